The molecule has 1 heterocycles. The summed E-state index contributed by atoms with van der Waals surface area (Å²) in [4.78, 5) is 13.7. The molecule has 1 aliphatic heterocycles. The second-order valence-corrected chi connectivity index (χ2v) is 4.72. The lowest BCUT2D eigenvalue weighted by Gasteiger charge is -2.35. The number of rotatable bonds is 4. The molecule has 0 aromatic carbocycles. The third kappa shape index (κ3) is 4.47. The number of nitrogens with two attached hydrogens (primary N) is 1. The molecule has 3 N–H and O–H groups in total. The predicted molar refractivity (Wildman–Crippen MR) is 63.1 cm³/mol. The predicted octanol–water partition coefficient (Wildman–Crippen LogP) is -0.441. The molecule has 1 amide bonds. The van der Waals surface area contributed by atoms with E-state index in [0.717, 1.165) is 13.1 Å². The number of carbonyl (C=O) groups is 1. The normalized spacial score (nSPS) is 27.1. The summed E-state index contributed by atoms with van der Waals surface area (Å²) in [6.45, 7) is 8.41. The van der Waals surface area contributed by atoms with Crippen molar-refractivity contribution in [3.63, 3.8) is 0 Å². The van der Waals surface area contributed by atoms with E-state index in [1.165, 1.54) is 0 Å². The number of ether oxygens (including phenoxy) is 1. The molecular weight excluding hydrogens is 206 g/mol. The first-order valence-corrected chi connectivity index (χ1v) is 5.88. The summed E-state index contributed by atoms with van der Waals surface area (Å²) in [7, 11) is 0. The standard InChI is InChI=1S/C11H23N3O2/c1-8(2)13-11(15)7-14-5-9(3)16-10(4-12)6-14/h8-10H,4-7,12H2,1-3H3,(H,13,15). The van der Waals surface area contributed by atoms with Gasteiger partial charge in [0.05, 0.1) is 18.8 Å². The highest BCUT2D eigenvalue weighted by Crippen LogP contribution is 2.09. The minimum Gasteiger partial charge on any atom is -0.371 e. The van der Waals surface area contributed by atoms with Gasteiger partial charge in [0.15, 0.2) is 0 Å². The minimum absolute atomic E-state index is 0.0515. The Morgan fingerprint density at radius 2 is 2.25 bits per heavy atom. The van der Waals surface area contributed by atoms with Crippen LogP contribution in [0.2, 0.25) is 0 Å². The van der Waals surface area contributed by atoms with Crippen LogP contribution in [-0.4, -0.2) is 55.2 Å². The van der Waals surface area contributed by atoms with Crippen molar-refractivity contribution in [2.24, 2.45) is 5.73 Å². The van der Waals surface area contributed by atoms with Gasteiger partial charge in [0, 0.05) is 25.7 Å². The van der Waals surface area contributed by atoms with Crippen LogP contribution in [0, 0.1) is 0 Å². The van der Waals surface area contributed by atoms with Gasteiger partial charge in [0.1, 0.15) is 0 Å². The highest BCUT2D eigenvalue weighted by molar-refractivity contribution is 5.78. The van der Waals surface area contributed by atoms with Gasteiger partial charge in [-0.15, -0.1) is 0 Å². The molecule has 1 saturated heterocycles. The molecule has 5 nitrogen and oxygen atoms in total. The zero-order valence-electron chi connectivity index (χ0n) is 10.4. The van der Waals surface area contributed by atoms with Crippen LogP contribution < -0.4 is 11.1 Å². The van der Waals surface area contributed by atoms with Gasteiger partial charge in [0.25, 0.3) is 0 Å². The molecule has 1 aliphatic rings. The summed E-state index contributed by atoms with van der Waals surface area (Å²) < 4.78 is 5.63. The molecule has 5 heteroatoms. The van der Waals surface area contributed by atoms with Crippen molar-refractivity contribution in [2.45, 2.75) is 39.0 Å². The van der Waals surface area contributed by atoms with Crippen LogP contribution in [0.5, 0.6) is 0 Å². The monoisotopic (exact) mass is 229 g/mol. The molecule has 16 heavy (non-hydrogen) atoms. The summed E-state index contributed by atoms with van der Waals surface area (Å²) in [5, 5.41) is 2.89. The molecule has 0 spiro atoms. The van der Waals surface area contributed by atoms with Crippen molar-refractivity contribution in [3.8, 4) is 0 Å². The van der Waals surface area contributed by atoms with Crippen LogP contribution in [-0.2, 0) is 9.53 Å². The number of hydrogen-bond acceptors (Lipinski definition) is 4. The number of carbonyl (C=O) groups excluding carboxylic acids is 1. The molecule has 0 bridgehead atoms. The molecule has 1 rings (SSSR count). The molecule has 0 aromatic rings. The summed E-state index contributed by atoms with van der Waals surface area (Å²) in [6, 6.07) is 0.191. The smallest absolute Gasteiger partial charge is 0.234 e. The second kappa shape index (κ2) is 6.18. The molecular formula is C11H23N3O2. The van der Waals surface area contributed by atoms with Gasteiger partial charge in [-0.3, -0.25) is 9.69 Å². The fourth-order valence-electron chi connectivity index (χ4n) is 1.97. The maximum Gasteiger partial charge on any atom is 0.234 e. The van der Waals surface area contributed by atoms with E-state index in [4.69, 9.17) is 10.5 Å². The Labute approximate surface area is 97.3 Å². The van der Waals surface area contributed by atoms with Gasteiger partial charge in [-0.25, -0.2) is 0 Å². The largest absolute Gasteiger partial charge is 0.371 e. The van der Waals surface area contributed by atoms with Crippen molar-refractivity contribution < 1.29 is 9.53 Å². The lowest BCUT2D eigenvalue weighted by molar-refractivity contribution is -0.126. The lowest BCUT2D eigenvalue weighted by atomic mass is 10.2. The van der Waals surface area contributed by atoms with Crippen LogP contribution >= 0.6 is 0 Å². The van der Waals surface area contributed by atoms with Crippen molar-refractivity contribution >= 4 is 5.91 Å². The fraction of sp³-hybridized carbons (Fsp3) is 0.909. The SMILES string of the molecule is CC(C)NC(=O)CN1CC(C)OC(CN)C1. The topological polar surface area (TPSA) is 67.6 Å². The first-order valence-electron chi connectivity index (χ1n) is 5.88. The quantitative estimate of drug-likeness (QED) is 0.686. The van der Waals surface area contributed by atoms with E-state index in [9.17, 15) is 4.79 Å². The van der Waals surface area contributed by atoms with Crippen LogP contribution in [0.25, 0.3) is 0 Å². The summed E-state index contributed by atoms with van der Waals surface area (Å²) in [6.07, 6.45) is 0.199. The number of nitrogens with zero attached hydrogens (tertiary/aromatic N) is 1. The zero-order valence-corrected chi connectivity index (χ0v) is 10.4. The highest BCUT2D eigenvalue weighted by Gasteiger charge is 2.25. The van der Waals surface area contributed by atoms with Crippen molar-refractivity contribution in [1.29, 1.82) is 0 Å². The number of morpholine rings is 1. The van der Waals surface area contributed by atoms with Crippen molar-refractivity contribution in [1.82, 2.24) is 10.2 Å². The molecule has 2 atom stereocenters. The molecule has 94 valence electrons. The maximum atomic E-state index is 11.6. The van der Waals surface area contributed by atoms with Crippen LogP contribution in [0.15, 0.2) is 0 Å². The van der Waals surface area contributed by atoms with E-state index in [2.05, 4.69) is 10.2 Å². The van der Waals surface area contributed by atoms with E-state index in [-0.39, 0.29) is 24.2 Å². The van der Waals surface area contributed by atoms with Gasteiger partial charge in [-0.2, -0.15) is 0 Å². The molecule has 2 unspecified atom stereocenters. The maximum absolute atomic E-state index is 11.6. The Hall–Kier alpha value is -0.650. The van der Waals surface area contributed by atoms with E-state index in [0.29, 0.717) is 13.1 Å². The molecule has 1 fully saturated rings. The molecule has 0 radical (unpaired) electrons. The third-order valence-electron chi connectivity index (χ3n) is 2.48. The van der Waals surface area contributed by atoms with E-state index >= 15 is 0 Å². The third-order valence-corrected chi connectivity index (χ3v) is 2.48. The summed E-state index contributed by atoms with van der Waals surface area (Å²) in [5.41, 5.74) is 5.59. The average Bonchev–Trinajstić information content (AvgIpc) is 2.14. The Morgan fingerprint density at radius 1 is 1.56 bits per heavy atom. The highest BCUT2D eigenvalue weighted by atomic mass is 16.5. The number of nitrogens with one attached hydrogen (secondary N) is 1. The van der Waals surface area contributed by atoms with Crippen LogP contribution in [0.3, 0.4) is 0 Å². The minimum atomic E-state index is 0.0515. The number of amides is 1. The second-order valence-electron chi connectivity index (χ2n) is 4.72. The first-order chi connectivity index (χ1) is 7.51. The van der Waals surface area contributed by atoms with Gasteiger partial charge in [-0.1, -0.05) is 0 Å². The molecule has 0 saturated carbocycles. The van der Waals surface area contributed by atoms with Crippen molar-refractivity contribution in [3.05, 3.63) is 0 Å². The Balaban J connectivity index is 2.38. The summed E-state index contributed by atoms with van der Waals surface area (Å²) in [5.74, 6) is 0.0693. The zero-order chi connectivity index (χ0) is 12.1. The van der Waals surface area contributed by atoms with E-state index in [1.54, 1.807) is 0 Å². The van der Waals surface area contributed by atoms with Crippen LogP contribution in [0.4, 0.5) is 0 Å². The van der Waals surface area contributed by atoms with Gasteiger partial charge < -0.3 is 15.8 Å². The summed E-state index contributed by atoms with van der Waals surface area (Å²) >= 11 is 0. The lowest BCUT2D eigenvalue weighted by Crippen LogP contribution is -2.52. The number of hydrogen-bond donors (Lipinski definition) is 2. The molecule has 0 aliphatic carbocycles. The molecule has 0 aromatic heterocycles. The van der Waals surface area contributed by atoms with E-state index in [1.807, 2.05) is 20.8 Å². The van der Waals surface area contributed by atoms with Gasteiger partial charge in [0.2, 0.25) is 5.91 Å². The average molecular weight is 229 g/mol. The Kier molecular flexibility index (Phi) is 5.18. The van der Waals surface area contributed by atoms with Crippen LogP contribution in [0.1, 0.15) is 20.8 Å². The Bertz CT molecular complexity index is 233. The fourth-order valence-corrected chi connectivity index (χ4v) is 1.97. The van der Waals surface area contributed by atoms with Gasteiger partial charge >= 0.3 is 0 Å². The van der Waals surface area contributed by atoms with E-state index < -0.39 is 0 Å². The first kappa shape index (κ1) is 13.4. The van der Waals surface area contributed by atoms with Crippen molar-refractivity contribution in [2.75, 3.05) is 26.2 Å². The van der Waals surface area contributed by atoms with Gasteiger partial charge in [-0.05, 0) is 20.8 Å². The Morgan fingerprint density at radius 3 is 2.81 bits per heavy atom.